The van der Waals surface area contributed by atoms with Crippen LogP contribution in [0.4, 0.5) is 5.69 Å². The van der Waals surface area contributed by atoms with Crippen LogP contribution in [0, 0.1) is 0 Å². The van der Waals surface area contributed by atoms with Crippen LogP contribution in [0.5, 0.6) is 0 Å². The van der Waals surface area contributed by atoms with Crippen LogP contribution in [-0.4, -0.2) is 50.1 Å². The number of anilines is 1. The number of hydrogen-bond acceptors (Lipinski definition) is 4. The first-order chi connectivity index (χ1) is 8.45. The summed E-state index contributed by atoms with van der Waals surface area (Å²) in [6.07, 6.45) is 1.27. The highest BCUT2D eigenvalue weighted by molar-refractivity contribution is 7.88. The molecule has 0 saturated carbocycles. The molecule has 1 heterocycles. The van der Waals surface area contributed by atoms with Gasteiger partial charge in [-0.05, 0) is 17.7 Å². The van der Waals surface area contributed by atoms with Crippen LogP contribution in [-0.2, 0) is 16.6 Å². The van der Waals surface area contributed by atoms with Gasteiger partial charge in [0.25, 0.3) is 0 Å². The Morgan fingerprint density at radius 1 is 1.11 bits per heavy atom. The van der Waals surface area contributed by atoms with Crippen LogP contribution < -0.4 is 5.73 Å². The van der Waals surface area contributed by atoms with Crippen molar-refractivity contribution in [3.05, 3.63) is 29.8 Å². The Balaban J connectivity index is 1.89. The van der Waals surface area contributed by atoms with Gasteiger partial charge in [-0.1, -0.05) is 12.1 Å². The molecule has 0 atom stereocenters. The van der Waals surface area contributed by atoms with Gasteiger partial charge < -0.3 is 5.73 Å². The number of sulfonamides is 1. The molecule has 18 heavy (non-hydrogen) atoms. The topological polar surface area (TPSA) is 66.6 Å². The molecule has 1 aromatic carbocycles. The molecule has 0 bridgehead atoms. The van der Waals surface area contributed by atoms with E-state index in [0.717, 1.165) is 25.3 Å². The van der Waals surface area contributed by atoms with E-state index in [-0.39, 0.29) is 0 Å². The average Bonchev–Trinajstić information content (AvgIpc) is 2.32. The summed E-state index contributed by atoms with van der Waals surface area (Å²) in [6.45, 7) is 3.55. The predicted molar refractivity (Wildman–Crippen MR) is 72.5 cm³/mol. The highest BCUT2D eigenvalue weighted by Crippen LogP contribution is 2.12. The second-order valence-corrected chi connectivity index (χ2v) is 6.66. The van der Waals surface area contributed by atoms with Crippen LogP contribution >= 0.6 is 0 Å². The Bertz CT molecular complexity index is 491. The Labute approximate surface area is 108 Å². The number of rotatable bonds is 3. The molecule has 1 aromatic rings. The minimum absolute atomic E-state index is 0.577. The van der Waals surface area contributed by atoms with Crippen molar-refractivity contribution in [3.8, 4) is 0 Å². The molecule has 2 N–H and O–H groups in total. The van der Waals surface area contributed by atoms with E-state index in [0.29, 0.717) is 13.1 Å². The van der Waals surface area contributed by atoms with E-state index in [2.05, 4.69) is 4.90 Å². The summed E-state index contributed by atoms with van der Waals surface area (Å²) < 4.78 is 24.3. The van der Waals surface area contributed by atoms with E-state index in [1.54, 1.807) is 0 Å². The van der Waals surface area contributed by atoms with Gasteiger partial charge in [-0.25, -0.2) is 8.42 Å². The lowest BCUT2D eigenvalue weighted by molar-refractivity contribution is 0.182. The van der Waals surface area contributed by atoms with Crippen molar-refractivity contribution >= 4 is 15.7 Å². The molecule has 1 saturated heterocycles. The van der Waals surface area contributed by atoms with Crippen LogP contribution in [0.25, 0.3) is 0 Å². The van der Waals surface area contributed by atoms with Gasteiger partial charge in [0.15, 0.2) is 0 Å². The number of hydrogen-bond donors (Lipinski definition) is 1. The molecule has 1 fully saturated rings. The monoisotopic (exact) mass is 269 g/mol. The molecule has 0 radical (unpaired) electrons. The standard InChI is InChI=1S/C12H19N3O2S/c1-18(16,17)15-8-6-14(7-9-15)10-11-2-4-12(13)5-3-11/h2-5H,6-10,13H2,1H3. The van der Waals surface area contributed by atoms with Crippen LogP contribution in [0.15, 0.2) is 24.3 Å². The largest absolute Gasteiger partial charge is 0.399 e. The molecule has 0 aromatic heterocycles. The lowest BCUT2D eigenvalue weighted by atomic mass is 10.2. The van der Waals surface area contributed by atoms with Gasteiger partial charge in [-0.2, -0.15) is 4.31 Å². The first kappa shape index (κ1) is 13.3. The highest BCUT2D eigenvalue weighted by atomic mass is 32.2. The first-order valence-corrected chi connectivity index (χ1v) is 7.82. The second-order valence-electron chi connectivity index (χ2n) is 4.68. The third-order valence-electron chi connectivity index (χ3n) is 3.19. The van der Waals surface area contributed by atoms with E-state index < -0.39 is 10.0 Å². The summed E-state index contributed by atoms with van der Waals surface area (Å²) in [5, 5.41) is 0. The third kappa shape index (κ3) is 3.44. The fourth-order valence-corrected chi connectivity index (χ4v) is 2.93. The first-order valence-electron chi connectivity index (χ1n) is 5.97. The Kier molecular flexibility index (Phi) is 3.89. The van der Waals surface area contributed by atoms with E-state index in [1.807, 2.05) is 24.3 Å². The molecule has 2 rings (SSSR count). The Morgan fingerprint density at radius 2 is 1.67 bits per heavy atom. The minimum atomic E-state index is -3.04. The van der Waals surface area contributed by atoms with Gasteiger partial charge >= 0.3 is 0 Å². The predicted octanol–water partition coefficient (Wildman–Crippen LogP) is 0.346. The third-order valence-corrected chi connectivity index (χ3v) is 4.49. The summed E-state index contributed by atoms with van der Waals surface area (Å²) >= 11 is 0. The molecule has 0 spiro atoms. The quantitative estimate of drug-likeness (QED) is 0.804. The number of nitrogens with two attached hydrogens (primary N) is 1. The van der Waals surface area contributed by atoms with E-state index >= 15 is 0 Å². The number of piperazine rings is 1. The van der Waals surface area contributed by atoms with Gasteiger partial charge in [0.2, 0.25) is 10.0 Å². The maximum absolute atomic E-state index is 11.4. The Morgan fingerprint density at radius 3 is 2.17 bits per heavy atom. The molecule has 6 heteroatoms. The second kappa shape index (κ2) is 5.26. The van der Waals surface area contributed by atoms with Gasteiger partial charge in [-0.3, -0.25) is 4.90 Å². The number of nitrogen functional groups attached to an aromatic ring is 1. The molecule has 1 aliphatic heterocycles. The van der Waals surface area contributed by atoms with Crippen molar-refractivity contribution in [1.29, 1.82) is 0 Å². The van der Waals surface area contributed by atoms with E-state index in [1.165, 1.54) is 16.1 Å². The maximum Gasteiger partial charge on any atom is 0.211 e. The van der Waals surface area contributed by atoms with E-state index in [9.17, 15) is 8.42 Å². The SMILES string of the molecule is CS(=O)(=O)N1CCN(Cc2ccc(N)cc2)CC1. The zero-order valence-corrected chi connectivity index (χ0v) is 11.4. The summed E-state index contributed by atoms with van der Waals surface area (Å²) in [7, 11) is -3.04. The number of nitrogens with zero attached hydrogens (tertiary/aromatic N) is 2. The zero-order valence-electron chi connectivity index (χ0n) is 10.5. The van der Waals surface area contributed by atoms with E-state index in [4.69, 9.17) is 5.73 Å². The fraction of sp³-hybridized carbons (Fsp3) is 0.500. The molecule has 0 unspecified atom stereocenters. The minimum Gasteiger partial charge on any atom is -0.399 e. The normalized spacial score (nSPS) is 18.9. The maximum atomic E-state index is 11.4. The molecule has 1 aliphatic rings. The molecular weight excluding hydrogens is 250 g/mol. The van der Waals surface area contributed by atoms with Gasteiger partial charge in [0, 0.05) is 38.4 Å². The van der Waals surface area contributed by atoms with Crippen LogP contribution in [0.2, 0.25) is 0 Å². The summed E-state index contributed by atoms with van der Waals surface area (Å²) in [5.74, 6) is 0. The molecule has 100 valence electrons. The van der Waals surface area contributed by atoms with Crippen LogP contribution in [0.3, 0.4) is 0 Å². The van der Waals surface area contributed by atoms with Crippen molar-refractivity contribution in [1.82, 2.24) is 9.21 Å². The van der Waals surface area contributed by atoms with Gasteiger partial charge in [0.1, 0.15) is 0 Å². The molecular formula is C12H19N3O2S. The lowest BCUT2D eigenvalue weighted by Crippen LogP contribution is -2.47. The zero-order chi connectivity index (χ0) is 13.2. The average molecular weight is 269 g/mol. The summed E-state index contributed by atoms with van der Waals surface area (Å²) in [4.78, 5) is 2.26. The van der Waals surface area contributed by atoms with Crippen molar-refractivity contribution in [2.45, 2.75) is 6.54 Å². The van der Waals surface area contributed by atoms with Gasteiger partial charge in [0.05, 0.1) is 6.26 Å². The Hall–Kier alpha value is -1.11. The molecule has 5 nitrogen and oxygen atoms in total. The molecule has 0 aliphatic carbocycles. The molecule has 0 amide bonds. The van der Waals surface area contributed by atoms with Crippen molar-refractivity contribution in [2.75, 3.05) is 38.2 Å². The smallest absolute Gasteiger partial charge is 0.211 e. The van der Waals surface area contributed by atoms with Crippen LogP contribution in [0.1, 0.15) is 5.56 Å². The van der Waals surface area contributed by atoms with Crippen molar-refractivity contribution < 1.29 is 8.42 Å². The van der Waals surface area contributed by atoms with Gasteiger partial charge in [-0.15, -0.1) is 0 Å². The van der Waals surface area contributed by atoms with Crippen molar-refractivity contribution in [3.63, 3.8) is 0 Å². The number of benzene rings is 1. The van der Waals surface area contributed by atoms with Crippen molar-refractivity contribution in [2.24, 2.45) is 0 Å². The highest BCUT2D eigenvalue weighted by Gasteiger charge is 2.23. The lowest BCUT2D eigenvalue weighted by Gasteiger charge is -2.33. The summed E-state index contributed by atoms with van der Waals surface area (Å²) in [6, 6.07) is 7.81. The summed E-state index contributed by atoms with van der Waals surface area (Å²) in [5.41, 5.74) is 7.61. The fourth-order valence-electron chi connectivity index (χ4n) is 2.10.